The smallest absolute Gasteiger partial charge is 0.396 e. The number of aliphatic hydroxyl groups excluding tert-OH is 1. The number of nitrogens with one attached hydrogen (secondary N) is 1. The normalized spacial score (nSPS) is 24.9. The van der Waals surface area contributed by atoms with Crippen molar-refractivity contribution in [2.45, 2.75) is 38.1 Å². The summed E-state index contributed by atoms with van der Waals surface area (Å²) >= 11 is 0. The van der Waals surface area contributed by atoms with E-state index in [1.54, 1.807) is 10.6 Å². The first kappa shape index (κ1) is 22.5. The fourth-order valence-electron chi connectivity index (χ4n) is 5.25. The van der Waals surface area contributed by atoms with Crippen molar-refractivity contribution in [2.75, 3.05) is 19.7 Å². The van der Waals surface area contributed by atoms with Crippen LogP contribution in [0, 0.1) is 11.8 Å². The van der Waals surface area contributed by atoms with Gasteiger partial charge in [0.1, 0.15) is 6.54 Å². The largest absolute Gasteiger partial charge is 0.405 e. The third-order valence-corrected chi connectivity index (χ3v) is 6.49. The minimum absolute atomic E-state index is 0.144. The van der Waals surface area contributed by atoms with Crippen molar-refractivity contribution in [3.05, 3.63) is 58.5 Å². The molecule has 3 heterocycles. The number of halogens is 3. The quantitative estimate of drug-likeness (QED) is 0.711. The Balaban J connectivity index is 1.70. The Bertz CT molecular complexity index is 1040. The molecule has 0 saturated carbocycles. The third-order valence-electron chi connectivity index (χ3n) is 6.49. The Morgan fingerprint density at radius 3 is 2.53 bits per heavy atom. The minimum Gasteiger partial charge on any atom is -0.396 e. The van der Waals surface area contributed by atoms with Gasteiger partial charge in [0, 0.05) is 36.2 Å². The van der Waals surface area contributed by atoms with Crippen molar-refractivity contribution >= 4 is 5.91 Å². The van der Waals surface area contributed by atoms with Crippen LogP contribution in [0.3, 0.4) is 0 Å². The van der Waals surface area contributed by atoms with Gasteiger partial charge in [0.25, 0.3) is 5.56 Å². The Hall–Kier alpha value is -2.65. The molecule has 2 N–H and O–H groups in total. The summed E-state index contributed by atoms with van der Waals surface area (Å²) in [4.78, 5) is 27.9. The summed E-state index contributed by atoms with van der Waals surface area (Å²) in [6, 6.07) is 11.7. The first-order chi connectivity index (χ1) is 15.3. The average Bonchev–Trinajstić information content (AvgIpc) is 3.28. The molecule has 32 heavy (non-hydrogen) atoms. The number of nitrogens with zero attached hydrogens (tertiary/aromatic N) is 2. The van der Waals surface area contributed by atoms with Gasteiger partial charge in [0.05, 0.1) is 12.1 Å². The summed E-state index contributed by atoms with van der Waals surface area (Å²) in [7, 11) is 0. The molecule has 0 radical (unpaired) electrons. The molecule has 4 rings (SSSR count). The van der Waals surface area contributed by atoms with Gasteiger partial charge >= 0.3 is 6.18 Å². The van der Waals surface area contributed by atoms with E-state index in [4.69, 9.17) is 0 Å². The molecule has 0 unspecified atom stereocenters. The highest BCUT2D eigenvalue weighted by Gasteiger charge is 2.55. The van der Waals surface area contributed by atoms with Crippen molar-refractivity contribution in [3.63, 3.8) is 0 Å². The predicted octanol–water partition coefficient (Wildman–Crippen LogP) is 2.57. The average molecular weight is 449 g/mol. The first-order valence-electron chi connectivity index (χ1n) is 10.8. The number of hydrogen-bond acceptors (Lipinski definition) is 4. The van der Waals surface area contributed by atoms with E-state index in [2.05, 4.69) is 0 Å². The first-order valence-corrected chi connectivity index (χ1v) is 10.8. The van der Waals surface area contributed by atoms with Crippen molar-refractivity contribution in [2.24, 2.45) is 11.8 Å². The zero-order valence-corrected chi connectivity index (χ0v) is 17.7. The molecule has 1 saturated heterocycles. The Kier molecular flexibility index (Phi) is 6.13. The molecule has 2 aromatic rings. The molecule has 1 aromatic heterocycles. The number of fused-ring (bicyclic) bond motifs is 3. The highest BCUT2D eigenvalue weighted by Crippen LogP contribution is 2.49. The summed E-state index contributed by atoms with van der Waals surface area (Å²) < 4.78 is 39.7. The van der Waals surface area contributed by atoms with Crippen molar-refractivity contribution in [3.8, 4) is 11.1 Å². The summed E-state index contributed by atoms with van der Waals surface area (Å²) in [5.41, 5.74) is 1.96. The fourth-order valence-corrected chi connectivity index (χ4v) is 5.25. The van der Waals surface area contributed by atoms with Crippen LogP contribution in [0.2, 0.25) is 0 Å². The molecule has 0 aliphatic carbocycles. The number of benzene rings is 1. The van der Waals surface area contributed by atoms with Gasteiger partial charge in [-0.15, -0.1) is 0 Å². The molecule has 1 amide bonds. The molecule has 0 bridgehead atoms. The van der Waals surface area contributed by atoms with Gasteiger partial charge in [-0.3, -0.25) is 14.5 Å². The molecule has 2 aliphatic rings. The summed E-state index contributed by atoms with van der Waals surface area (Å²) in [5.74, 6) is -1.55. The number of pyridine rings is 1. The molecule has 4 atom stereocenters. The molecule has 172 valence electrons. The monoisotopic (exact) mass is 449 g/mol. The molecule has 1 aromatic carbocycles. The second-order valence-electron chi connectivity index (χ2n) is 8.42. The lowest BCUT2D eigenvalue weighted by Gasteiger charge is -2.30. The molecule has 0 spiro atoms. The van der Waals surface area contributed by atoms with Gasteiger partial charge in [0.15, 0.2) is 0 Å². The van der Waals surface area contributed by atoms with Crippen LogP contribution in [0.4, 0.5) is 13.2 Å². The maximum Gasteiger partial charge on any atom is 0.405 e. The molecule has 9 heteroatoms. The van der Waals surface area contributed by atoms with Crippen LogP contribution in [0.15, 0.2) is 47.3 Å². The predicted molar refractivity (Wildman–Crippen MR) is 113 cm³/mol. The van der Waals surface area contributed by atoms with Crippen molar-refractivity contribution in [1.82, 2.24) is 14.8 Å². The van der Waals surface area contributed by atoms with Crippen LogP contribution in [-0.4, -0.2) is 52.4 Å². The van der Waals surface area contributed by atoms with Crippen LogP contribution < -0.4 is 10.9 Å². The maximum atomic E-state index is 13.3. The van der Waals surface area contributed by atoms with E-state index in [-0.39, 0.29) is 24.1 Å². The maximum absolute atomic E-state index is 13.3. The van der Waals surface area contributed by atoms with Crippen LogP contribution >= 0.6 is 0 Å². The lowest BCUT2D eigenvalue weighted by molar-refractivity contribution is -0.142. The Morgan fingerprint density at radius 2 is 1.91 bits per heavy atom. The number of rotatable bonds is 6. The number of hydrogen-bond donors (Lipinski definition) is 2. The molecule has 2 aliphatic heterocycles. The third kappa shape index (κ3) is 3.95. The standard InChI is InChI=1S/C23H26F3N3O3/c1-2-10-28-19-16(17(12-30)20(28)21(31)27-13-23(24,25)26)11-29-18(19)9-8-15(22(29)32)14-6-4-3-5-7-14/h3-9,16-17,19-20,30H,2,10-13H2,1H3,(H,27,31)/t16-,17-,19+,20-/m1/s1. The van der Waals surface area contributed by atoms with E-state index < -0.39 is 30.6 Å². The number of amides is 1. The number of alkyl halides is 3. The van der Waals surface area contributed by atoms with E-state index in [9.17, 15) is 27.9 Å². The number of aliphatic hydroxyl groups is 1. The highest BCUT2D eigenvalue weighted by atomic mass is 19.4. The summed E-state index contributed by atoms with van der Waals surface area (Å²) in [5, 5.41) is 12.1. The molecular weight excluding hydrogens is 423 g/mol. The lowest BCUT2D eigenvalue weighted by Crippen LogP contribution is -2.50. The van der Waals surface area contributed by atoms with E-state index in [0.29, 0.717) is 25.1 Å². The summed E-state index contributed by atoms with van der Waals surface area (Å²) in [6.45, 7) is 0.947. The van der Waals surface area contributed by atoms with E-state index in [0.717, 1.165) is 11.3 Å². The summed E-state index contributed by atoms with van der Waals surface area (Å²) in [6.07, 6.45) is -3.83. The van der Waals surface area contributed by atoms with Gasteiger partial charge in [0.2, 0.25) is 5.91 Å². The minimum atomic E-state index is -4.51. The zero-order valence-electron chi connectivity index (χ0n) is 17.7. The van der Waals surface area contributed by atoms with Gasteiger partial charge < -0.3 is 15.0 Å². The zero-order chi connectivity index (χ0) is 23.0. The molecule has 1 fully saturated rings. The topological polar surface area (TPSA) is 74.6 Å². The van der Waals surface area contributed by atoms with Crippen LogP contribution in [0.25, 0.3) is 11.1 Å². The SMILES string of the molecule is CCCN1[C@@H]2c3ccc(-c4ccccc4)c(=O)n3C[C@@H]2[C@@H](CO)[C@@H]1C(=O)NCC(F)(F)F. The number of carbonyl (C=O) groups is 1. The lowest BCUT2D eigenvalue weighted by atomic mass is 9.88. The second-order valence-corrected chi connectivity index (χ2v) is 8.42. The van der Waals surface area contributed by atoms with Crippen LogP contribution in [-0.2, 0) is 11.3 Å². The Morgan fingerprint density at radius 1 is 1.19 bits per heavy atom. The fraction of sp³-hybridized carbons (Fsp3) is 0.478. The van der Waals surface area contributed by atoms with Crippen LogP contribution in [0.1, 0.15) is 25.1 Å². The number of aromatic nitrogens is 1. The van der Waals surface area contributed by atoms with E-state index in [1.807, 2.05) is 53.5 Å². The van der Waals surface area contributed by atoms with E-state index in [1.165, 1.54) is 0 Å². The highest BCUT2D eigenvalue weighted by molar-refractivity contribution is 5.83. The van der Waals surface area contributed by atoms with Crippen molar-refractivity contribution < 1.29 is 23.1 Å². The number of likely N-dealkylation sites (tertiary alicyclic amines) is 1. The van der Waals surface area contributed by atoms with Crippen LogP contribution in [0.5, 0.6) is 0 Å². The molecular formula is C23H26F3N3O3. The van der Waals surface area contributed by atoms with Gasteiger partial charge in [-0.05, 0) is 30.7 Å². The second kappa shape index (κ2) is 8.71. The van der Waals surface area contributed by atoms with E-state index >= 15 is 0 Å². The van der Waals surface area contributed by atoms with Gasteiger partial charge in [-0.1, -0.05) is 37.3 Å². The van der Waals surface area contributed by atoms with Crippen molar-refractivity contribution in [1.29, 1.82) is 0 Å². The Labute approximate surface area is 183 Å². The van der Waals surface area contributed by atoms with Gasteiger partial charge in [-0.2, -0.15) is 13.2 Å². The number of carbonyl (C=O) groups excluding carboxylic acids is 1. The van der Waals surface area contributed by atoms with Gasteiger partial charge in [-0.25, -0.2) is 0 Å². The molecule has 6 nitrogen and oxygen atoms in total.